The lowest BCUT2D eigenvalue weighted by molar-refractivity contribution is -0.438. The number of carbonyl (C=O) groups excluding carboxylic acids is 1. The summed E-state index contributed by atoms with van der Waals surface area (Å²) in [6.45, 7) is 6.19. The zero-order valence-corrected chi connectivity index (χ0v) is 35.7. The average Bonchev–Trinajstić information content (AvgIpc) is 3.46. The Labute approximate surface area is 341 Å². The van der Waals surface area contributed by atoms with Crippen molar-refractivity contribution in [3.05, 3.63) is 71.5 Å². The molecule has 2 aliphatic heterocycles. The van der Waals surface area contributed by atoms with Crippen molar-refractivity contribution in [3.8, 4) is 12.3 Å². The van der Waals surface area contributed by atoms with Gasteiger partial charge in [0.15, 0.2) is 5.71 Å². The van der Waals surface area contributed by atoms with E-state index in [1.807, 2.05) is 24.5 Å². The van der Waals surface area contributed by atoms with Gasteiger partial charge in [0, 0.05) is 53.9 Å². The minimum atomic E-state index is -4.91. The Balaban J connectivity index is 1.82. The van der Waals surface area contributed by atoms with Crippen molar-refractivity contribution in [1.29, 1.82) is 0 Å². The van der Waals surface area contributed by atoms with E-state index in [2.05, 4.69) is 11.2 Å². The molecule has 4 rings (SSSR count). The molecule has 1 unspecified atom stereocenters. The zero-order chi connectivity index (χ0) is 43.3. The highest BCUT2D eigenvalue weighted by Gasteiger charge is 2.46. The van der Waals surface area contributed by atoms with Crippen molar-refractivity contribution in [1.82, 2.24) is 5.32 Å². The van der Waals surface area contributed by atoms with E-state index in [0.717, 1.165) is 11.8 Å². The van der Waals surface area contributed by atoms with Gasteiger partial charge in [-0.2, -0.15) is 29.8 Å². The molecule has 2 aromatic carbocycles. The van der Waals surface area contributed by atoms with Crippen molar-refractivity contribution in [2.24, 2.45) is 0 Å². The molecule has 1 atom stereocenters. The van der Waals surface area contributed by atoms with E-state index in [0.29, 0.717) is 54.0 Å². The largest absolute Gasteiger partial charge is 0.744 e. The molecular formula is C38H49N3O13S4. The summed E-state index contributed by atoms with van der Waals surface area (Å²) in [5.74, 6) is 1.09. The molecule has 0 bridgehead atoms. The Morgan fingerprint density at radius 3 is 2.12 bits per heavy atom. The second-order valence-corrected chi connectivity index (χ2v) is 21.0. The number of terminal acetylenes is 1. The minimum Gasteiger partial charge on any atom is -0.744 e. The Morgan fingerprint density at radius 1 is 0.862 bits per heavy atom. The Hall–Kier alpha value is -3.94. The quantitative estimate of drug-likeness (QED) is 0.0633. The van der Waals surface area contributed by atoms with Crippen LogP contribution in [0.3, 0.4) is 0 Å². The van der Waals surface area contributed by atoms with Gasteiger partial charge in [-0.1, -0.05) is 18.4 Å². The number of allylic oxidation sites excluding steroid dienone is 4. The fraction of sp³-hybridized carbons (Fsp3) is 0.474. The third-order valence-electron chi connectivity index (χ3n) is 10.5. The van der Waals surface area contributed by atoms with E-state index in [1.54, 1.807) is 30.0 Å². The highest BCUT2D eigenvalue weighted by Crippen LogP contribution is 2.51. The van der Waals surface area contributed by atoms with Crippen molar-refractivity contribution >= 4 is 63.5 Å². The van der Waals surface area contributed by atoms with Crippen molar-refractivity contribution in [2.75, 3.05) is 36.0 Å². The highest BCUT2D eigenvalue weighted by molar-refractivity contribution is 7.86. The lowest BCUT2D eigenvalue weighted by Crippen LogP contribution is -2.30. The number of hydrogen-bond donors (Lipinski definition) is 4. The topological polar surface area (TPSA) is 256 Å². The SMILES string of the molecule is C#CCNC(=O)CCCCC[N+]1=C(/C=C/C=C2/N(CCCS(=O)(=O)O)c3ccc(S(=O)(=O)[O-])cc3C2(C)CCCCS(=O)(=O)O)C(C)(C)c2cc(S(=O)(=O)O)ccc21. The molecule has 20 heteroatoms. The molecule has 2 heterocycles. The maximum Gasteiger partial charge on any atom is 0.294 e. The Bertz CT molecular complexity index is 2500. The summed E-state index contributed by atoms with van der Waals surface area (Å²) in [5, 5.41) is 2.63. The molecule has 0 aromatic heterocycles. The monoisotopic (exact) mass is 883 g/mol. The standard InChI is InChI=1S/C38H49N3O13S4/c1-5-21-39-36(42)15-7-6-9-22-40-32-18-16-28(57(49,50)51)26-30(32)37(2,3)34(40)13-11-14-35-38(4,20-8-10-24-55(43,44)45)31-27-29(58(52,53)54)17-19-33(31)41(35)23-12-25-56(46,47)48/h1,11,13-14,16-19,26-27H,6-10,12,15,20-25H2,2-4H3,(H4-,39,42,43,44,45,46,47,48,49,50,51,52,53,54). The molecule has 58 heavy (non-hydrogen) atoms. The Kier molecular flexibility index (Phi) is 14.6. The lowest BCUT2D eigenvalue weighted by Gasteiger charge is -2.30. The predicted octanol–water partition coefficient (Wildman–Crippen LogP) is 4.08. The van der Waals surface area contributed by atoms with Crippen LogP contribution in [-0.4, -0.2) is 99.2 Å². The summed E-state index contributed by atoms with van der Waals surface area (Å²) in [4.78, 5) is 13.0. The summed E-state index contributed by atoms with van der Waals surface area (Å²) < 4.78 is 138. The fourth-order valence-electron chi connectivity index (χ4n) is 7.62. The number of nitrogens with zero attached hydrogens (tertiary/aromatic N) is 2. The average molecular weight is 884 g/mol. The zero-order valence-electron chi connectivity index (χ0n) is 32.4. The number of anilines is 1. The minimum absolute atomic E-state index is 0.0370. The summed E-state index contributed by atoms with van der Waals surface area (Å²) in [5.41, 5.74) is 1.59. The number of rotatable bonds is 20. The molecular weight excluding hydrogens is 835 g/mol. The normalized spacial score (nSPS) is 18.8. The van der Waals surface area contributed by atoms with Gasteiger partial charge in [-0.05, 0) is 94.8 Å². The van der Waals surface area contributed by atoms with Crippen LogP contribution >= 0.6 is 0 Å². The number of amides is 1. The molecule has 2 aromatic rings. The number of nitrogens with one attached hydrogen (secondary N) is 1. The van der Waals surface area contributed by atoms with E-state index in [1.165, 1.54) is 24.3 Å². The van der Waals surface area contributed by atoms with Crippen LogP contribution in [0.4, 0.5) is 11.4 Å². The molecule has 16 nitrogen and oxygen atoms in total. The van der Waals surface area contributed by atoms with Gasteiger partial charge in [-0.25, -0.2) is 8.42 Å². The van der Waals surface area contributed by atoms with Crippen LogP contribution in [0.5, 0.6) is 0 Å². The number of unbranched alkanes of at least 4 members (excludes halogenated alkanes) is 3. The van der Waals surface area contributed by atoms with Crippen LogP contribution in [0.1, 0.15) is 83.3 Å². The van der Waals surface area contributed by atoms with Gasteiger partial charge in [-0.3, -0.25) is 18.5 Å². The van der Waals surface area contributed by atoms with Crippen LogP contribution in [0.25, 0.3) is 0 Å². The predicted molar refractivity (Wildman–Crippen MR) is 217 cm³/mol. The third-order valence-corrected chi connectivity index (χ3v) is 13.7. The molecule has 0 spiro atoms. The summed E-state index contributed by atoms with van der Waals surface area (Å²) >= 11 is 0. The Morgan fingerprint density at radius 2 is 1.50 bits per heavy atom. The van der Waals surface area contributed by atoms with Gasteiger partial charge in [0.1, 0.15) is 16.7 Å². The first-order valence-electron chi connectivity index (χ1n) is 18.4. The van der Waals surface area contributed by atoms with Crippen molar-refractivity contribution in [2.45, 2.75) is 92.8 Å². The molecule has 0 saturated carbocycles. The summed E-state index contributed by atoms with van der Waals surface area (Å²) in [6.07, 6.45) is 13.1. The van der Waals surface area contributed by atoms with Gasteiger partial charge in [0.05, 0.1) is 33.3 Å². The molecule has 2 aliphatic rings. The van der Waals surface area contributed by atoms with E-state index in [9.17, 15) is 56.7 Å². The number of hydrogen-bond acceptors (Lipinski definition) is 11. The van der Waals surface area contributed by atoms with Crippen LogP contribution in [0.15, 0.2) is 70.1 Å². The second kappa shape index (κ2) is 18.1. The van der Waals surface area contributed by atoms with E-state index in [-0.39, 0.29) is 56.0 Å². The maximum absolute atomic E-state index is 12.2. The van der Waals surface area contributed by atoms with Gasteiger partial charge >= 0.3 is 0 Å². The summed E-state index contributed by atoms with van der Waals surface area (Å²) in [7, 11) is -18.1. The molecule has 0 fully saturated rings. The maximum atomic E-state index is 12.2. The van der Waals surface area contributed by atoms with E-state index >= 15 is 0 Å². The first kappa shape index (κ1) is 46.7. The second-order valence-electron chi connectivity index (χ2n) is 15.0. The first-order chi connectivity index (χ1) is 26.8. The van der Waals surface area contributed by atoms with Crippen LogP contribution in [0, 0.1) is 12.3 Å². The van der Waals surface area contributed by atoms with E-state index < -0.39 is 67.7 Å². The third kappa shape index (κ3) is 11.6. The van der Waals surface area contributed by atoms with E-state index in [4.69, 9.17) is 6.42 Å². The molecule has 1 amide bonds. The fourth-order valence-corrected chi connectivity index (χ4v) is 9.68. The molecule has 4 N–H and O–H groups in total. The molecule has 0 radical (unpaired) electrons. The van der Waals surface area contributed by atoms with Gasteiger partial charge in [0.25, 0.3) is 30.4 Å². The molecule has 0 saturated heterocycles. The number of fused-ring (bicyclic) bond motifs is 2. The molecule has 318 valence electrons. The lowest BCUT2D eigenvalue weighted by atomic mass is 9.77. The molecule has 0 aliphatic carbocycles. The summed E-state index contributed by atoms with van der Waals surface area (Å²) in [6, 6.07) is 8.18. The van der Waals surface area contributed by atoms with Gasteiger partial charge in [0.2, 0.25) is 11.6 Å². The van der Waals surface area contributed by atoms with Crippen LogP contribution in [-0.2, 0) is 56.1 Å². The van der Waals surface area contributed by atoms with Crippen LogP contribution < -0.4 is 10.2 Å². The van der Waals surface area contributed by atoms with Crippen LogP contribution in [0.2, 0.25) is 0 Å². The van der Waals surface area contributed by atoms with Gasteiger partial charge in [-0.15, -0.1) is 6.42 Å². The van der Waals surface area contributed by atoms with Gasteiger partial charge < -0.3 is 14.8 Å². The number of carbonyl (C=O) groups is 1. The first-order valence-corrected chi connectivity index (χ1v) is 24.5. The smallest absolute Gasteiger partial charge is 0.294 e. The van der Waals surface area contributed by atoms with Crippen molar-refractivity contribution < 1.29 is 61.3 Å². The number of benzene rings is 2. The van der Waals surface area contributed by atoms with Crippen molar-refractivity contribution in [3.63, 3.8) is 0 Å². The highest BCUT2D eigenvalue weighted by atomic mass is 32.2.